The molecule has 27 heavy (non-hydrogen) atoms. The first-order valence-corrected chi connectivity index (χ1v) is 11.5. The van der Waals surface area contributed by atoms with Gasteiger partial charge in [-0.15, -0.1) is 0 Å². The van der Waals surface area contributed by atoms with E-state index in [1.165, 1.54) is 44.9 Å². The highest BCUT2D eigenvalue weighted by Gasteiger charge is 2.62. The fraction of sp³-hybridized carbons (Fsp3) is 0.957. The summed E-state index contributed by atoms with van der Waals surface area (Å²) in [6.45, 7) is 6.62. The molecule has 0 aliphatic heterocycles. The lowest BCUT2D eigenvalue weighted by atomic mass is 9.44. The van der Waals surface area contributed by atoms with Gasteiger partial charge in [-0.2, -0.15) is 0 Å². The number of carbonyl (C=O) groups is 1. The highest BCUT2D eigenvalue weighted by atomic mass is 16.3. The molecule has 9 atom stereocenters. The van der Waals surface area contributed by atoms with Crippen molar-refractivity contribution in [2.24, 2.45) is 46.2 Å². The number of hydrogen-bond donors (Lipinski definition) is 3. The van der Waals surface area contributed by atoms with Crippen LogP contribution in [0.4, 0.5) is 0 Å². The molecule has 0 radical (unpaired) electrons. The molecule has 0 saturated heterocycles. The molecule has 4 fully saturated rings. The molecule has 0 bridgehead atoms. The summed E-state index contributed by atoms with van der Waals surface area (Å²) in [7, 11) is 0. The van der Waals surface area contributed by atoms with Gasteiger partial charge in [-0.05, 0) is 99.7 Å². The van der Waals surface area contributed by atoms with Gasteiger partial charge < -0.3 is 16.2 Å². The van der Waals surface area contributed by atoms with Gasteiger partial charge in [0.15, 0.2) is 0 Å². The standard InChI is InChI=1S/C23H40N2O2/c1-14(25-15(2)27)19-6-7-21-18-5-4-16-12-17(24)8-10-22(16,3)20(18)9-11-23(19,21)13-26/h14,16-21,26H,4-13,24H2,1-3H3,(H,25,27)/t14?,16?,17-,18+,19+,20-,21-,22-,23-/m0/s1. The van der Waals surface area contributed by atoms with E-state index in [4.69, 9.17) is 5.73 Å². The molecule has 2 unspecified atom stereocenters. The SMILES string of the molecule is CC(=O)NC(C)[C@H]1CC[C@H]2[C@@H]3CCC4C[C@@H](N)CC[C@]4(C)[C@H]3CC[C@]12CO. The van der Waals surface area contributed by atoms with E-state index in [9.17, 15) is 9.90 Å². The molecule has 4 N–H and O–H groups in total. The molecule has 0 aromatic carbocycles. The first-order valence-electron chi connectivity index (χ1n) is 11.5. The molecule has 4 rings (SSSR count). The Morgan fingerprint density at radius 3 is 2.63 bits per heavy atom. The number of carbonyl (C=O) groups excluding carboxylic acids is 1. The Kier molecular flexibility index (Phi) is 5.12. The van der Waals surface area contributed by atoms with Crippen LogP contribution in [0, 0.1) is 40.4 Å². The predicted octanol–water partition coefficient (Wildman–Crippen LogP) is 3.47. The molecule has 0 spiro atoms. The summed E-state index contributed by atoms with van der Waals surface area (Å²) < 4.78 is 0. The summed E-state index contributed by atoms with van der Waals surface area (Å²) in [6, 6.07) is 0.574. The van der Waals surface area contributed by atoms with Crippen molar-refractivity contribution in [1.82, 2.24) is 5.32 Å². The summed E-state index contributed by atoms with van der Waals surface area (Å²) in [4.78, 5) is 11.6. The maximum atomic E-state index is 11.6. The van der Waals surface area contributed by atoms with Crippen molar-refractivity contribution in [2.75, 3.05) is 6.61 Å². The van der Waals surface area contributed by atoms with Gasteiger partial charge in [-0.3, -0.25) is 4.79 Å². The van der Waals surface area contributed by atoms with Crippen LogP contribution < -0.4 is 11.1 Å². The Bertz CT molecular complexity index is 581. The third-order valence-electron chi connectivity index (χ3n) is 9.82. The Morgan fingerprint density at radius 2 is 1.93 bits per heavy atom. The van der Waals surface area contributed by atoms with E-state index < -0.39 is 0 Å². The van der Waals surface area contributed by atoms with Crippen molar-refractivity contribution in [2.45, 2.75) is 90.6 Å². The van der Waals surface area contributed by atoms with Crippen molar-refractivity contribution >= 4 is 5.91 Å². The highest BCUT2D eigenvalue weighted by molar-refractivity contribution is 5.73. The lowest BCUT2D eigenvalue weighted by Gasteiger charge is -2.61. The molecule has 4 saturated carbocycles. The van der Waals surface area contributed by atoms with E-state index in [1.54, 1.807) is 6.92 Å². The van der Waals surface area contributed by atoms with Gasteiger partial charge in [0, 0.05) is 31.0 Å². The van der Waals surface area contributed by atoms with Crippen LogP contribution in [-0.2, 0) is 4.79 Å². The summed E-state index contributed by atoms with van der Waals surface area (Å²) >= 11 is 0. The third kappa shape index (κ3) is 2.97. The first kappa shape index (κ1) is 19.7. The fourth-order valence-electron chi connectivity index (χ4n) is 8.63. The average molecular weight is 377 g/mol. The van der Waals surface area contributed by atoms with Gasteiger partial charge >= 0.3 is 0 Å². The highest BCUT2D eigenvalue weighted by Crippen LogP contribution is 2.67. The van der Waals surface area contributed by atoms with Gasteiger partial charge in [0.25, 0.3) is 0 Å². The second kappa shape index (κ2) is 7.02. The zero-order valence-corrected chi connectivity index (χ0v) is 17.5. The van der Waals surface area contributed by atoms with E-state index in [2.05, 4.69) is 19.2 Å². The smallest absolute Gasteiger partial charge is 0.217 e. The molecule has 0 heterocycles. The van der Waals surface area contributed by atoms with Crippen LogP contribution in [0.5, 0.6) is 0 Å². The predicted molar refractivity (Wildman–Crippen MR) is 108 cm³/mol. The summed E-state index contributed by atoms with van der Waals surface area (Å²) in [5.74, 6) is 3.48. The van der Waals surface area contributed by atoms with Crippen molar-refractivity contribution < 1.29 is 9.90 Å². The molecule has 154 valence electrons. The van der Waals surface area contributed by atoms with Gasteiger partial charge in [0.05, 0.1) is 0 Å². The monoisotopic (exact) mass is 376 g/mol. The summed E-state index contributed by atoms with van der Waals surface area (Å²) in [6.07, 6.45) is 11.1. The van der Waals surface area contributed by atoms with Gasteiger partial charge in [-0.1, -0.05) is 6.92 Å². The van der Waals surface area contributed by atoms with Crippen LogP contribution in [0.2, 0.25) is 0 Å². The first-order chi connectivity index (χ1) is 12.8. The average Bonchev–Trinajstić information content (AvgIpc) is 3.02. The van der Waals surface area contributed by atoms with Crippen LogP contribution in [0.3, 0.4) is 0 Å². The quantitative estimate of drug-likeness (QED) is 0.706. The number of aliphatic hydroxyl groups is 1. The number of amides is 1. The van der Waals surface area contributed by atoms with Crippen molar-refractivity contribution in [3.8, 4) is 0 Å². The van der Waals surface area contributed by atoms with Crippen molar-refractivity contribution in [1.29, 1.82) is 0 Å². The van der Waals surface area contributed by atoms with Gasteiger partial charge in [0.2, 0.25) is 5.91 Å². The van der Waals surface area contributed by atoms with E-state index in [0.717, 1.165) is 30.6 Å². The number of fused-ring (bicyclic) bond motifs is 5. The minimum Gasteiger partial charge on any atom is -0.396 e. The van der Waals surface area contributed by atoms with Crippen LogP contribution in [0.1, 0.15) is 78.6 Å². The second-order valence-corrected chi connectivity index (χ2v) is 10.8. The maximum absolute atomic E-state index is 11.6. The molecule has 4 heteroatoms. The number of hydrogen-bond acceptors (Lipinski definition) is 3. The van der Waals surface area contributed by atoms with E-state index in [1.807, 2.05) is 0 Å². The normalized spacial score (nSPS) is 50.3. The van der Waals surface area contributed by atoms with Crippen LogP contribution in [0.15, 0.2) is 0 Å². The fourth-order valence-corrected chi connectivity index (χ4v) is 8.63. The number of aliphatic hydroxyl groups excluding tert-OH is 1. The zero-order valence-electron chi connectivity index (χ0n) is 17.5. The van der Waals surface area contributed by atoms with Crippen LogP contribution >= 0.6 is 0 Å². The number of rotatable bonds is 3. The molecule has 4 aliphatic carbocycles. The van der Waals surface area contributed by atoms with Crippen molar-refractivity contribution in [3.05, 3.63) is 0 Å². The molecular formula is C23H40N2O2. The van der Waals surface area contributed by atoms with E-state index in [0.29, 0.717) is 29.9 Å². The number of nitrogens with one attached hydrogen (secondary N) is 1. The molecule has 4 nitrogen and oxygen atoms in total. The Morgan fingerprint density at radius 1 is 1.15 bits per heavy atom. The van der Waals surface area contributed by atoms with E-state index in [-0.39, 0.29) is 17.4 Å². The Balaban J connectivity index is 1.58. The minimum atomic E-state index is 0.0251. The second-order valence-electron chi connectivity index (χ2n) is 10.8. The molecule has 0 aromatic heterocycles. The van der Waals surface area contributed by atoms with Gasteiger partial charge in [-0.25, -0.2) is 0 Å². The van der Waals surface area contributed by atoms with Crippen molar-refractivity contribution in [3.63, 3.8) is 0 Å². The minimum absolute atomic E-state index is 0.0251. The van der Waals surface area contributed by atoms with Crippen LogP contribution in [-0.4, -0.2) is 29.7 Å². The van der Waals surface area contributed by atoms with Crippen LogP contribution in [0.25, 0.3) is 0 Å². The van der Waals surface area contributed by atoms with E-state index >= 15 is 0 Å². The lowest BCUT2D eigenvalue weighted by Crippen LogP contribution is -2.57. The summed E-state index contributed by atoms with van der Waals surface area (Å²) in [5, 5.41) is 13.7. The summed E-state index contributed by atoms with van der Waals surface area (Å²) in [5.41, 5.74) is 6.81. The molecular weight excluding hydrogens is 336 g/mol. The maximum Gasteiger partial charge on any atom is 0.217 e. The molecule has 4 aliphatic rings. The third-order valence-corrected chi connectivity index (χ3v) is 9.82. The number of nitrogens with two attached hydrogens (primary N) is 1. The topological polar surface area (TPSA) is 75.4 Å². The Labute approximate surface area is 165 Å². The molecule has 0 aromatic rings. The lowest BCUT2D eigenvalue weighted by molar-refractivity contribution is -0.134. The largest absolute Gasteiger partial charge is 0.396 e. The molecule has 1 amide bonds. The Hall–Kier alpha value is -0.610. The van der Waals surface area contributed by atoms with Gasteiger partial charge in [0.1, 0.15) is 0 Å². The zero-order chi connectivity index (χ0) is 19.4.